The van der Waals surface area contributed by atoms with Crippen LogP contribution >= 0.6 is 0 Å². The van der Waals surface area contributed by atoms with E-state index in [1.165, 1.54) is 0 Å². The summed E-state index contributed by atoms with van der Waals surface area (Å²) in [7, 11) is 0. The first-order valence-corrected chi connectivity index (χ1v) is 8.43. The largest absolute Gasteiger partial charge is 0.391 e. The van der Waals surface area contributed by atoms with Gasteiger partial charge in [-0.05, 0) is 44.9 Å². The van der Waals surface area contributed by atoms with E-state index >= 15 is 0 Å². The molecule has 1 saturated carbocycles. The molecule has 0 bridgehead atoms. The number of aromatic nitrogens is 2. The topological polar surface area (TPSA) is 79.2 Å². The highest BCUT2D eigenvalue weighted by molar-refractivity contribution is 5.91. The minimum absolute atomic E-state index is 0.181. The van der Waals surface area contributed by atoms with Gasteiger partial charge in [0.15, 0.2) is 0 Å². The van der Waals surface area contributed by atoms with Crippen molar-refractivity contribution in [2.75, 3.05) is 5.32 Å². The molecular formula is C18H24N4O2. The summed E-state index contributed by atoms with van der Waals surface area (Å²) in [5, 5.41) is 20.3. The van der Waals surface area contributed by atoms with Crippen LogP contribution in [0.1, 0.15) is 37.1 Å². The number of hydrogen-bond acceptors (Lipinski definition) is 3. The number of aryl methyl sites for hydroxylation is 2. The third-order valence-electron chi connectivity index (χ3n) is 4.44. The lowest BCUT2D eigenvalue weighted by Crippen LogP contribution is -2.46. The number of aliphatic hydroxyl groups is 1. The lowest BCUT2D eigenvalue weighted by atomic mass is 9.93. The van der Waals surface area contributed by atoms with E-state index in [2.05, 4.69) is 15.7 Å². The maximum Gasteiger partial charge on any atom is 0.319 e. The van der Waals surface area contributed by atoms with E-state index in [4.69, 9.17) is 0 Å². The first-order chi connectivity index (χ1) is 11.5. The highest BCUT2D eigenvalue weighted by Gasteiger charge is 2.24. The van der Waals surface area contributed by atoms with Gasteiger partial charge >= 0.3 is 6.03 Å². The van der Waals surface area contributed by atoms with Crippen LogP contribution in [-0.2, 0) is 0 Å². The Kier molecular flexibility index (Phi) is 4.85. The van der Waals surface area contributed by atoms with Crippen LogP contribution in [-0.4, -0.2) is 33.1 Å². The summed E-state index contributed by atoms with van der Waals surface area (Å²) in [6.45, 7) is 3.92. The second-order valence-electron chi connectivity index (χ2n) is 6.41. The van der Waals surface area contributed by atoms with Gasteiger partial charge in [0.05, 0.1) is 29.2 Å². The van der Waals surface area contributed by atoms with Crippen LogP contribution in [0.25, 0.3) is 5.69 Å². The summed E-state index contributed by atoms with van der Waals surface area (Å²) in [5.41, 5.74) is 3.44. The van der Waals surface area contributed by atoms with Gasteiger partial charge in [-0.15, -0.1) is 0 Å². The molecule has 3 rings (SSSR count). The zero-order valence-electron chi connectivity index (χ0n) is 14.1. The molecule has 24 heavy (non-hydrogen) atoms. The number of carbonyl (C=O) groups is 1. The van der Waals surface area contributed by atoms with Crippen LogP contribution in [0.4, 0.5) is 10.5 Å². The molecule has 6 nitrogen and oxygen atoms in total. The lowest BCUT2D eigenvalue weighted by Gasteiger charge is -2.28. The minimum Gasteiger partial charge on any atom is -0.391 e. The number of nitrogens with one attached hydrogen (secondary N) is 2. The summed E-state index contributed by atoms with van der Waals surface area (Å²) in [6.07, 6.45) is 3.14. The van der Waals surface area contributed by atoms with Gasteiger partial charge in [0, 0.05) is 5.69 Å². The Morgan fingerprint density at radius 1 is 1.25 bits per heavy atom. The first kappa shape index (κ1) is 16.5. The number of hydrogen-bond donors (Lipinski definition) is 3. The molecule has 0 spiro atoms. The quantitative estimate of drug-likeness (QED) is 0.810. The van der Waals surface area contributed by atoms with Crippen LogP contribution in [0.3, 0.4) is 0 Å². The second kappa shape index (κ2) is 7.05. The molecule has 1 aliphatic carbocycles. The SMILES string of the molecule is Cc1cc(C)n(-c2ccccc2NC(=O)NC2CCCCC2O)n1. The normalized spacial score (nSPS) is 20.6. The van der Waals surface area contributed by atoms with Crippen molar-refractivity contribution in [1.82, 2.24) is 15.1 Å². The molecule has 1 heterocycles. The van der Waals surface area contributed by atoms with Gasteiger partial charge in [-0.3, -0.25) is 0 Å². The Bertz CT molecular complexity index is 726. The zero-order valence-corrected chi connectivity index (χ0v) is 14.1. The number of aliphatic hydroxyl groups excluding tert-OH is 1. The molecule has 1 aliphatic rings. The number of nitrogens with zero attached hydrogens (tertiary/aromatic N) is 2. The Morgan fingerprint density at radius 3 is 2.71 bits per heavy atom. The van der Waals surface area contributed by atoms with E-state index in [0.717, 1.165) is 42.8 Å². The molecule has 1 fully saturated rings. The molecule has 2 atom stereocenters. The van der Waals surface area contributed by atoms with Crippen molar-refractivity contribution in [2.24, 2.45) is 0 Å². The fourth-order valence-corrected chi connectivity index (χ4v) is 3.24. The summed E-state index contributed by atoms with van der Waals surface area (Å²) in [4.78, 5) is 12.3. The predicted octanol–water partition coefficient (Wildman–Crippen LogP) is 2.91. The zero-order chi connectivity index (χ0) is 17.1. The van der Waals surface area contributed by atoms with Crippen LogP contribution in [0, 0.1) is 13.8 Å². The maximum atomic E-state index is 12.3. The number of rotatable bonds is 3. The Labute approximate surface area is 141 Å². The number of urea groups is 1. The summed E-state index contributed by atoms with van der Waals surface area (Å²) in [6, 6.07) is 9.08. The molecule has 0 radical (unpaired) electrons. The van der Waals surface area contributed by atoms with Gasteiger partial charge in [0.1, 0.15) is 0 Å². The second-order valence-corrected chi connectivity index (χ2v) is 6.41. The number of benzene rings is 1. The standard InChI is InChI=1S/C18H24N4O2/c1-12-11-13(2)22(21-12)16-9-5-3-7-14(16)19-18(24)20-15-8-4-6-10-17(15)23/h3,5,7,9,11,15,17,23H,4,6,8,10H2,1-2H3,(H2,19,20,24). The van der Waals surface area contributed by atoms with Crippen molar-refractivity contribution in [3.63, 3.8) is 0 Å². The van der Waals surface area contributed by atoms with Crippen molar-refractivity contribution in [1.29, 1.82) is 0 Å². The fourth-order valence-electron chi connectivity index (χ4n) is 3.24. The molecule has 6 heteroatoms. The molecule has 1 aromatic heterocycles. The summed E-state index contributed by atoms with van der Waals surface area (Å²) < 4.78 is 1.82. The van der Waals surface area contributed by atoms with Crippen LogP contribution in [0.5, 0.6) is 0 Å². The van der Waals surface area contributed by atoms with Crippen LogP contribution < -0.4 is 10.6 Å². The third kappa shape index (κ3) is 3.59. The van der Waals surface area contributed by atoms with Gasteiger partial charge < -0.3 is 15.7 Å². The van der Waals surface area contributed by atoms with E-state index in [1.54, 1.807) is 0 Å². The monoisotopic (exact) mass is 328 g/mol. The molecule has 3 N–H and O–H groups in total. The van der Waals surface area contributed by atoms with E-state index in [9.17, 15) is 9.90 Å². The molecule has 2 amide bonds. The fraction of sp³-hybridized carbons (Fsp3) is 0.444. The Balaban J connectivity index is 1.75. The lowest BCUT2D eigenvalue weighted by molar-refractivity contribution is 0.0955. The molecule has 0 saturated heterocycles. The number of para-hydroxylation sites is 2. The minimum atomic E-state index is -0.462. The highest BCUT2D eigenvalue weighted by Crippen LogP contribution is 2.22. The van der Waals surface area contributed by atoms with Crippen molar-refractivity contribution < 1.29 is 9.90 Å². The Hall–Kier alpha value is -2.34. The number of anilines is 1. The van der Waals surface area contributed by atoms with Gasteiger partial charge in [0.25, 0.3) is 0 Å². The van der Waals surface area contributed by atoms with E-state index < -0.39 is 6.10 Å². The van der Waals surface area contributed by atoms with Crippen molar-refractivity contribution in [3.05, 3.63) is 41.7 Å². The average molecular weight is 328 g/mol. The van der Waals surface area contributed by atoms with Crippen molar-refractivity contribution >= 4 is 11.7 Å². The Morgan fingerprint density at radius 2 is 2.00 bits per heavy atom. The number of amides is 2. The summed E-state index contributed by atoms with van der Waals surface area (Å²) in [5.74, 6) is 0. The van der Waals surface area contributed by atoms with E-state index in [0.29, 0.717) is 5.69 Å². The molecule has 128 valence electrons. The van der Waals surface area contributed by atoms with Gasteiger partial charge in [-0.1, -0.05) is 25.0 Å². The summed E-state index contributed by atoms with van der Waals surface area (Å²) >= 11 is 0. The molecule has 2 aromatic rings. The number of carbonyl (C=O) groups excluding carboxylic acids is 1. The molecule has 2 unspecified atom stereocenters. The van der Waals surface area contributed by atoms with Crippen LogP contribution in [0.15, 0.2) is 30.3 Å². The predicted molar refractivity (Wildman–Crippen MR) is 93.5 cm³/mol. The first-order valence-electron chi connectivity index (χ1n) is 8.43. The smallest absolute Gasteiger partial charge is 0.319 e. The van der Waals surface area contributed by atoms with Gasteiger partial charge in [-0.2, -0.15) is 5.10 Å². The average Bonchev–Trinajstić information content (AvgIpc) is 2.88. The third-order valence-corrected chi connectivity index (χ3v) is 4.44. The van der Waals surface area contributed by atoms with Gasteiger partial charge in [0.2, 0.25) is 0 Å². The van der Waals surface area contributed by atoms with Crippen LogP contribution in [0.2, 0.25) is 0 Å². The molecular weight excluding hydrogens is 304 g/mol. The van der Waals surface area contributed by atoms with E-state index in [-0.39, 0.29) is 12.1 Å². The van der Waals surface area contributed by atoms with Crippen molar-refractivity contribution in [2.45, 2.75) is 51.7 Å². The van der Waals surface area contributed by atoms with Crippen molar-refractivity contribution in [3.8, 4) is 5.69 Å². The van der Waals surface area contributed by atoms with Gasteiger partial charge in [-0.25, -0.2) is 9.48 Å². The maximum absolute atomic E-state index is 12.3. The highest BCUT2D eigenvalue weighted by atomic mass is 16.3. The van der Waals surface area contributed by atoms with E-state index in [1.807, 2.05) is 48.9 Å². The molecule has 0 aliphatic heterocycles. The molecule has 1 aromatic carbocycles.